The van der Waals surface area contributed by atoms with Crippen LogP contribution in [0.15, 0.2) is 75.3 Å². The van der Waals surface area contributed by atoms with Gasteiger partial charge in [-0.05, 0) is 52.7 Å². The molecule has 1 aliphatic heterocycles. The van der Waals surface area contributed by atoms with E-state index in [0.29, 0.717) is 22.2 Å². The van der Waals surface area contributed by atoms with Crippen molar-refractivity contribution in [3.8, 4) is 11.5 Å². The van der Waals surface area contributed by atoms with Crippen LogP contribution in [0, 0.1) is 6.92 Å². The second-order valence-corrected chi connectivity index (χ2v) is 10.5. The number of ketones is 1. The molecule has 4 aromatic rings. The third kappa shape index (κ3) is 4.54. The maximum Gasteiger partial charge on any atom is 0.350 e. The Morgan fingerprint density at radius 1 is 1.25 bits per heavy atom. The summed E-state index contributed by atoms with van der Waals surface area (Å²) in [5.41, 5.74) is 0.784. The Hall–Kier alpha value is -4.42. The van der Waals surface area contributed by atoms with Gasteiger partial charge in [-0.15, -0.1) is 0 Å². The second-order valence-electron chi connectivity index (χ2n) is 8.67. The fourth-order valence-electron chi connectivity index (χ4n) is 4.36. The highest BCUT2D eigenvalue weighted by atomic mass is 79.9. The SMILES string of the molecule is C=CCOC(=O)c1sc(N2C(=O)C(O)=C(C(=O)c3cc4ccccc4o3)C2c2cc(Br)c(O)c(OC)c2)nc1C. The fourth-order valence-corrected chi connectivity index (χ4v) is 5.81. The minimum Gasteiger partial charge on any atom is -0.503 e. The number of phenols is 1. The number of amides is 1. The molecule has 2 aromatic carbocycles. The van der Waals surface area contributed by atoms with E-state index in [1.807, 2.05) is 0 Å². The number of halogens is 1. The maximum atomic E-state index is 13.9. The summed E-state index contributed by atoms with van der Waals surface area (Å²) in [6, 6.07) is 10.2. The number of aromatic nitrogens is 1. The summed E-state index contributed by atoms with van der Waals surface area (Å²) < 4.78 is 16.4. The number of Topliss-reactive ketones (excluding diaryl/α,β-unsaturated/α-hetero) is 1. The molecule has 0 radical (unpaired) electrons. The van der Waals surface area contributed by atoms with Gasteiger partial charge < -0.3 is 24.1 Å². The first kappa shape index (κ1) is 27.2. The van der Waals surface area contributed by atoms with Gasteiger partial charge in [0.25, 0.3) is 5.91 Å². The summed E-state index contributed by atoms with van der Waals surface area (Å²) in [6.07, 6.45) is 1.42. The highest BCUT2D eigenvalue weighted by Gasteiger charge is 2.47. The number of anilines is 1. The molecular weight excluding hydrogens is 604 g/mol. The second kappa shape index (κ2) is 10.6. The van der Waals surface area contributed by atoms with Crippen LogP contribution >= 0.6 is 27.3 Å². The van der Waals surface area contributed by atoms with E-state index in [-0.39, 0.29) is 43.9 Å². The minimum absolute atomic E-state index is 0.0173. The molecule has 1 atom stereocenters. The van der Waals surface area contributed by atoms with Crippen LogP contribution in [0.4, 0.5) is 5.13 Å². The number of nitrogens with zero attached hydrogens (tertiary/aromatic N) is 2. The van der Waals surface area contributed by atoms with Crippen molar-refractivity contribution in [1.82, 2.24) is 4.98 Å². The van der Waals surface area contributed by atoms with E-state index in [2.05, 4.69) is 27.5 Å². The average molecular weight is 625 g/mol. The fraction of sp³-hybridized carbons (Fsp3) is 0.143. The van der Waals surface area contributed by atoms with E-state index < -0.39 is 29.5 Å². The summed E-state index contributed by atoms with van der Waals surface area (Å²) in [6.45, 7) is 5.08. The van der Waals surface area contributed by atoms with Crippen molar-refractivity contribution in [2.24, 2.45) is 0 Å². The lowest BCUT2D eigenvalue weighted by atomic mass is 9.95. The van der Waals surface area contributed by atoms with Gasteiger partial charge in [0.1, 0.15) is 17.1 Å². The quantitative estimate of drug-likeness (QED) is 0.141. The first-order chi connectivity index (χ1) is 19.2. The Labute approximate surface area is 239 Å². The number of aromatic hydroxyl groups is 1. The molecule has 40 heavy (non-hydrogen) atoms. The number of methoxy groups -OCH3 is 1. The third-order valence-electron chi connectivity index (χ3n) is 6.20. The van der Waals surface area contributed by atoms with Crippen molar-refractivity contribution >= 4 is 61.0 Å². The molecule has 2 N–H and O–H groups in total. The summed E-state index contributed by atoms with van der Waals surface area (Å²) >= 11 is 4.15. The van der Waals surface area contributed by atoms with Crippen molar-refractivity contribution in [1.29, 1.82) is 0 Å². The molecular formula is C28H21BrN2O8S. The Balaban J connectivity index is 1.67. The van der Waals surface area contributed by atoms with Crippen LogP contribution in [-0.2, 0) is 9.53 Å². The molecule has 5 rings (SSSR count). The van der Waals surface area contributed by atoms with E-state index >= 15 is 0 Å². The molecule has 0 bridgehead atoms. The molecule has 12 heteroatoms. The topological polar surface area (TPSA) is 139 Å². The predicted molar refractivity (Wildman–Crippen MR) is 150 cm³/mol. The Morgan fingerprint density at radius 3 is 2.70 bits per heavy atom. The number of aliphatic hydroxyl groups excluding tert-OH is 1. The molecule has 204 valence electrons. The number of para-hydroxylation sites is 1. The number of fused-ring (bicyclic) bond motifs is 1. The number of rotatable bonds is 8. The number of benzene rings is 2. The number of thiazole rings is 1. The smallest absolute Gasteiger partial charge is 0.350 e. The molecule has 1 amide bonds. The molecule has 10 nitrogen and oxygen atoms in total. The number of furan rings is 1. The molecule has 0 saturated heterocycles. The number of aliphatic hydroxyl groups is 1. The average Bonchev–Trinajstić information content (AvgIpc) is 3.62. The highest BCUT2D eigenvalue weighted by Crippen LogP contribution is 2.47. The Bertz CT molecular complexity index is 1700. The summed E-state index contributed by atoms with van der Waals surface area (Å²) in [5.74, 6) is -3.32. The summed E-state index contributed by atoms with van der Waals surface area (Å²) in [5, 5.41) is 22.2. The maximum absolute atomic E-state index is 13.9. The van der Waals surface area contributed by atoms with Gasteiger partial charge >= 0.3 is 5.97 Å². The van der Waals surface area contributed by atoms with Crippen molar-refractivity contribution < 1.29 is 38.5 Å². The molecule has 0 aliphatic carbocycles. The highest BCUT2D eigenvalue weighted by molar-refractivity contribution is 9.10. The molecule has 0 saturated carbocycles. The van der Waals surface area contributed by atoms with Gasteiger partial charge in [0.2, 0.25) is 5.78 Å². The molecule has 1 unspecified atom stereocenters. The number of carbonyl (C=O) groups excluding carboxylic acids is 3. The van der Waals surface area contributed by atoms with Crippen LogP contribution in [-0.4, -0.2) is 46.6 Å². The van der Waals surface area contributed by atoms with Crippen LogP contribution in [0.3, 0.4) is 0 Å². The van der Waals surface area contributed by atoms with E-state index in [9.17, 15) is 24.6 Å². The van der Waals surface area contributed by atoms with Crippen LogP contribution in [0.2, 0.25) is 0 Å². The van der Waals surface area contributed by atoms with Gasteiger partial charge in [-0.2, -0.15) is 0 Å². The number of esters is 1. The van der Waals surface area contributed by atoms with Crippen LogP contribution in [0.1, 0.15) is 37.5 Å². The number of hydrogen-bond acceptors (Lipinski definition) is 10. The van der Waals surface area contributed by atoms with E-state index in [1.165, 1.54) is 31.4 Å². The van der Waals surface area contributed by atoms with E-state index in [0.717, 1.165) is 16.2 Å². The van der Waals surface area contributed by atoms with Gasteiger partial charge in [-0.25, -0.2) is 9.78 Å². The van der Waals surface area contributed by atoms with Crippen LogP contribution < -0.4 is 9.64 Å². The lowest BCUT2D eigenvalue weighted by molar-refractivity contribution is -0.117. The van der Waals surface area contributed by atoms with Gasteiger partial charge in [-0.1, -0.05) is 42.2 Å². The van der Waals surface area contributed by atoms with E-state index in [1.54, 1.807) is 31.2 Å². The number of carbonyl (C=O) groups is 3. The zero-order valence-corrected chi connectivity index (χ0v) is 23.5. The molecule has 2 aromatic heterocycles. The number of ether oxygens (including phenoxy) is 2. The lowest BCUT2D eigenvalue weighted by Gasteiger charge is -2.25. The summed E-state index contributed by atoms with van der Waals surface area (Å²) in [4.78, 5) is 45.6. The van der Waals surface area contributed by atoms with Gasteiger partial charge in [0.05, 0.1) is 28.9 Å². The molecule has 0 fully saturated rings. The van der Waals surface area contributed by atoms with Gasteiger partial charge in [0.15, 0.2) is 28.1 Å². The Morgan fingerprint density at radius 2 is 2.00 bits per heavy atom. The first-order valence-corrected chi connectivity index (χ1v) is 13.4. The standard InChI is InChI=1S/C28H21BrN2O8S/c1-4-9-38-27(36)25-13(2)30-28(40-25)31-21(15-10-16(29)22(32)18(12-15)37-3)20(24(34)26(31)35)23(33)19-11-14-7-5-6-8-17(14)39-19/h4-8,10-12,21,32,34H,1,9H2,2-3H3. The predicted octanol–water partition coefficient (Wildman–Crippen LogP) is 5.80. The third-order valence-corrected chi connectivity index (χ3v) is 7.94. The lowest BCUT2D eigenvalue weighted by Crippen LogP contribution is -2.31. The minimum atomic E-state index is -1.22. The molecule has 0 spiro atoms. The van der Waals surface area contributed by atoms with Crippen molar-refractivity contribution in [3.05, 3.63) is 92.8 Å². The number of hydrogen-bond donors (Lipinski definition) is 2. The van der Waals surface area contributed by atoms with Gasteiger partial charge in [0, 0.05) is 5.39 Å². The first-order valence-electron chi connectivity index (χ1n) is 11.8. The van der Waals surface area contributed by atoms with Crippen molar-refractivity contribution in [2.45, 2.75) is 13.0 Å². The monoisotopic (exact) mass is 624 g/mol. The van der Waals surface area contributed by atoms with Gasteiger partial charge in [-0.3, -0.25) is 14.5 Å². The van der Waals surface area contributed by atoms with Crippen molar-refractivity contribution in [3.63, 3.8) is 0 Å². The molecule has 1 aliphatic rings. The number of aryl methyl sites for hydroxylation is 1. The molecule has 3 heterocycles. The number of phenolic OH excluding ortho intramolecular Hbond substituents is 1. The van der Waals surface area contributed by atoms with E-state index in [4.69, 9.17) is 13.9 Å². The van der Waals surface area contributed by atoms with Crippen LogP contribution in [0.5, 0.6) is 11.5 Å². The normalized spacial score (nSPS) is 15.1. The Kier molecular flexibility index (Phi) is 7.21. The van der Waals surface area contributed by atoms with Crippen molar-refractivity contribution in [2.75, 3.05) is 18.6 Å². The zero-order valence-electron chi connectivity index (χ0n) is 21.1. The largest absolute Gasteiger partial charge is 0.503 e. The zero-order chi connectivity index (χ0) is 28.7. The van der Waals surface area contributed by atoms with Crippen LogP contribution in [0.25, 0.3) is 11.0 Å². The summed E-state index contributed by atoms with van der Waals surface area (Å²) in [7, 11) is 1.35.